The fraction of sp³-hybridized carbons (Fsp3) is 0.500. The third-order valence-electron chi connectivity index (χ3n) is 4.89. The predicted molar refractivity (Wildman–Crippen MR) is 87.0 cm³/mol. The monoisotopic (exact) mass is 324 g/mol. The van der Waals surface area contributed by atoms with E-state index in [-0.39, 0.29) is 29.3 Å². The number of halogens is 2. The van der Waals surface area contributed by atoms with Gasteiger partial charge in [-0.1, -0.05) is 38.1 Å². The molecule has 0 aromatic rings. The van der Waals surface area contributed by atoms with E-state index in [1.807, 2.05) is 26.8 Å². The first kappa shape index (κ1) is 17.0. The molecule has 4 heteroatoms. The first-order valence-electron chi connectivity index (χ1n) is 7.42. The normalized spacial score (nSPS) is 30.5. The number of carbonyl (C=O) groups excluding carboxylic acids is 1. The van der Waals surface area contributed by atoms with Gasteiger partial charge in [0.15, 0.2) is 5.29 Å². The standard InChI is InChI=1S/C18H22ClFO2/c1-6-7-12-10(2)8-14(11(12)3)22-17(21)16-13(9-15(19)20)18(16,4)5/h6,9,13-14,16H,1-2,7-8H2,3-5H3/t13-,14+,16+/m1/s1. The van der Waals surface area contributed by atoms with E-state index >= 15 is 0 Å². The summed E-state index contributed by atoms with van der Waals surface area (Å²) in [6.07, 6.45) is 4.21. The zero-order chi connectivity index (χ0) is 16.7. The largest absolute Gasteiger partial charge is 0.457 e. The van der Waals surface area contributed by atoms with Crippen LogP contribution in [-0.2, 0) is 9.53 Å². The Morgan fingerprint density at radius 1 is 1.55 bits per heavy atom. The van der Waals surface area contributed by atoms with Crippen LogP contribution in [-0.4, -0.2) is 12.1 Å². The topological polar surface area (TPSA) is 26.3 Å². The number of carbonyl (C=O) groups is 1. The molecule has 3 atom stereocenters. The van der Waals surface area contributed by atoms with Crippen molar-refractivity contribution in [2.75, 3.05) is 0 Å². The van der Waals surface area contributed by atoms with Gasteiger partial charge in [-0.3, -0.25) is 4.79 Å². The van der Waals surface area contributed by atoms with Gasteiger partial charge in [0.05, 0.1) is 5.92 Å². The number of hydrogen-bond donors (Lipinski definition) is 0. The van der Waals surface area contributed by atoms with Crippen molar-refractivity contribution in [1.82, 2.24) is 0 Å². The summed E-state index contributed by atoms with van der Waals surface area (Å²) in [4.78, 5) is 12.4. The molecule has 2 nitrogen and oxygen atoms in total. The number of rotatable bonds is 5. The van der Waals surface area contributed by atoms with Gasteiger partial charge in [0.25, 0.3) is 0 Å². The second kappa shape index (κ2) is 6.04. The van der Waals surface area contributed by atoms with Crippen molar-refractivity contribution in [3.8, 4) is 0 Å². The van der Waals surface area contributed by atoms with Crippen LogP contribution in [0.15, 0.2) is 47.3 Å². The average molecular weight is 325 g/mol. The van der Waals surface area contributed by atoms with E-state index in [2.05, 4.69) is 13.2 Å². The molecule has 0 heterocycles. The Balaban J connectivity index is 2.07. The maximum atomic E-state index is 12.9. The summed E-state index contributed by atoms with van der Waals surface area (Å²) in [7, 11) is 0. The lowest BCUT2D eigenvalue weighted by molar-refractivity contribution is -0.149. The van der Waals surface area contributed by atoms with Gasteiger partial charge in [0.2, 0.25) is 0 Å². The molecule has 1 fully saturated rings. The van der Waals surface area contributed by atoms with Gasteiger partial charge in [-0.05, 0) is 41.6 Å². The van der Waals surface area contributed by atoms with Crippen molar-refractivity contribution >= 4 is 17.6 Å². The van der Waals surface area contributed by atoms with Crippen LogP contribution in [0.2, 0.25) is 0 Å². The Morgan fingerprint density at radius 3 is 2.73 bits per heavy atom. The summed E-state index contributed by atoms with van der Waals surface area (Å²) >= 11 is 5.29. The lowest BCUT2D eigenvalue weighted by Gasteiger charge is -2.14. The highest BCUT2D eigenvalue weighted by atomic mass is 35.5. The van der Waals surface area contributed by atoms with E-state index in [0.29, 0.717) is 6.42 Å². The summed E-state index contributed by atoms with van der Waals surface area (Å²) in [5.74, 6) is -0.846. The first-order valence-corrected chi connectivity index (χ1v) is 7.80. The molecule has 0 bridgehead atoms. The van der Waals surface area contributed by atoms with Crippen molar-refractivity contribution in [3.63, 3.8) is 0 Å². The highest BCUT2D eigenvalue weighted by Crippen LogP contribution is 2.60. The molecule has 1 saturated carbocycles. The van der Waals surface area contributed by atoms with E-state index in [0.717, 1.165) is 23.1 Å². The Kier molecular flexibility index (Phi) is 4.67. The molecule has 0 saturated heterocycles. The lowest BCUT2D eigenvalue weighted by Crippen LogP contribution is -2.20. The molecule has 0 aromatic carbocycles. The van der Waals surface area contributed by atoms with Crippen LogP contribution in [0.25, 0.3) is 0 Å². The highest BCUT2D eigenvalue weighted by Gasteiger charge is 2.62. The summed E-state index contributed by atoms with van der Waals surface area (Å²) in [6, 6.07) is 0. The van der Waals surface area contributed by atoms with E-state index in [9.17, 15) is 9.18 Å². The molecule has 0 N–H and O–H groups in total. The van der Waals surface area contributed by atoms with Crippen LogP contribution in [0.1, 0.15) is 33.6 Å². The van der Waals surface area contributed by atoms with Gasteiger partial charge in [0, 0.05) is 12.3 Å². The molecule has 0 unspecified atom stereocenters. The Morgan fingerprint density at radius 2 is 2.18 bits per heavy atom. The summed E-state index contributed by atoms with van der Waals surface area (Å²) < 4.78 is 18.5. The minimum absolute atomic E-state index is 0.209. The molecule has 2 aliphatic rings. The average Bonchev–Trinajstić information content (AvgIpc) is 2.83. The van der Waals surface area contributed by atoms with Gasteiger partial charge in [0.1, 0.15) is 6.10 Å². The van der Waals surface area contributed by atoms with Gasteiger partial charge < -0.3 is 4.74 Å². The van der Waals surface area contributed by atoms with Gasteiger partial charge in [-0.15, -0.1) is 6.58 Å². The number of allylic oxidation sites excluding steroid dienone is 3. The summed E-state index contributed by atoms with van der Waals surface area (Å²) in [6.45, 7) is 13.6. The molecule has 0 aliphatic heterocycles. The van der Waals surface area contributed by atoms with Crippen molar-refractivity contribution in [1.29, 1.82) is 0 Å². The summed E-state index contributed by atoms with van der Waals surface area (Å²) in [5, 5.41) is -0.771. The molecule has 2 rings (SSSR count). The Hall–Kier alpha value is -1.35. The highest BCUT2D eigenvalue weighted by molar-refractivity contribution is 6.28. The van der Waals surface area contributed by atoms with Crippen molar-refractivity contribution in [3.05, 3.63) is 47.3 Å². The van der Waals surface area contributed by atoms with E-state index in [4.69, 9.17) is 16.3 Å². The number of hydrogen-bond acceptors (Lipinski definition) is 2. The minimum Gasteiger partial charge on any atom is -0.457 e. The van der Waals surface area contributed by atoms with Gasteiger partial charge >= 0.3 is 5.97 Å². The number of esters is 1. The van der Waals surface area contributed by atoms with Gasteiger partial charge in [-0.25, -0.2) is 0 Å². The van der Waals surface area contributed by atoms with Crippen LogP contribution in [0.4, 0.5) is 4.39 Å². The Labute approximate surface area is 136 Å². The lowest BCUT2D eigenvalue weighted by atomic mass is 10.1. The quantitative estimate of drug-likeness (QED) is 0.521. The zero-order valence-corrected chi connectivity index (χ0v) is 14.0. The van der Waals surface area contributed by atoms with Crippen LogP contribution in [0.3, 0.4) is 0 Å². The van der Waals surface area contributed by atoms with E-state index in [1.165, 1.54) is 6.08 Å². The molecular formula is C18H22ClFO2. The van der Waals surface area contributed by atoms with Crippen LogP contribution in [0, 0.1) is 17.3 Å². The number of ether oxygens (including phenoxy) is 1. The minimum atomic E-state index is -0.771. The second-order valence-corrected chi connectivity index (χ2v) is 7.03. The molecule has 2 aliphatic carbocycles. The first-order chi connectivity index (χ1) is 10.2. The fourth-order valence-corrected chi connectivity index (χ4v) is 3.48. The summed E-state index contributed by atoms with van der Waals surface area (Å²) in [5.41, 5.74) is 2.83. The van der Waals surface area contributed by atoms with Crippen molar-refractivity contribution in [2.45, 2.75) is 39.7 Å². The Bertz CT molecular complexity index is 582. The van der Waals surface area contributed by atoms with Crippen LogP contribution in [0.5, 0.6) is 0 Å². The third-order valence-corrected chi connectivity index (χ3v) is 5.02. The third kappa shape index (κ3) is 3.05. The van der Waals surface area contributed by atoms with Crippen LogP contribution >= 0.6 is 11.6 Å². The predicted octanol–water partition coefficient (Wildman–Crippen LogP) is 5.07. The maximum Gasteiger partial charge on any atom is 0.310 e. The van der Waals surface area contributed by atoms with E-state index in [1.54, 1.807) is 0 Å². The van der Waals surface area contributed by atoms with Crippen LogP contribution < -0.4 is 0 Å². The molecular weight excluding hydrogens is 303 g/mol. The van der Waals surface area contributed by atoms with Crippen molar-refractivity contribution in [2.24, 2.45) is 17.3 Å². The van der Waals surface area contributed by atoms with E-state index < -0.39 is 5.29 Å². The molecule has 120 valence electrons. The van der Waals surface area contributed by atoms with Gasteiger partial charge in [-0.2, -0.15) is 4.39 Å². The maximum absolute atomic E-state index is 12.9. The fourth-order valence-electron chi connectivity index (χ4n) is 3.34. The van der Waals surface area contributed by atoms with Crippen molar-refractivity contribution < 1.29 is 13.9 Å². The SMILES string of the molecule is C=CCC1=C(C)[C@@H](OC(=O)[C@@H]2[C@@H](C=C(F)Cl)C2(C)C)CC1=C. The second-order valence-electron chi connectivity index (χ2n) is 6.67. The molecule has 22 heavy (non-hydrogen) atoms. The molecule has 0 spiro atoms. The zero-order valence-electron chi connectivity index (χ0n) is 13.3. The smallest absolute Gasteiger partial charge is 0.310 e. The molecule has 0 aromatic heterocycles. The molecule has 0 radical (unpaired) electrons. The molecule has 0 amide bonds.